The number of nitrogens with zero attached hydrogens (tertiary/aromatic N) is 3. The van der Waals surface area contributed by atoms with Crippen LogP contribution in [0.2, 0.25) is 0 Å². The number of rotatable bonds is 5. The monoisotopic (exact) mass is 400 g/mol. The molecule has 150 valence electrons. The summed E-state index contributed by atoms with van der Waals surface area (Å²) < 4.78 is 14.9. The molecule has 0 bridgehead atoms. The number of nitrogens with one attached hydrogen (secondary N) is 1. The third-order valence-electron chi connectivity index (χ3n) is 5.44. The van der Waals surface area contributed by atoms with Crippen LogP contribution in [-0.4, -0.2) is 20.7 Å². The van der Waals surface area contributed by atoms with Crippen LogP contribution < -0.4 is 5.32 Å². The molecule has 30 heavy (non-hydrogen) atoms. The van der Waals surface area contributed by atoms with E-state index in [1.165, 1.54) is 12.1 Å². The van der Waals surface area contributed by atoms with E-state index in [4.69, 9.17) is 4.98 Å². The van der Waals surface area contributed by atoms with Gasteiger partial charge in [-0.05, 0) is 55.7 Å². The zero-order valence-corrected chi connectivity index (χ0v) is 16.6. The number of benzene rings is 2. The van der Waals surface area contributed by atoms with E-state index in [-0.39, 0.29) is 11.7 Å². The molecule has 0 atom stereocenters. The third-order valence-corrected chi connectivity index (χ3v) is 5.44. The van der Waals surface area contributed by atoms with Gasteiger partial charge >= 0.3 is 0 Å². The molecule has 5 rings (SSSR count). The molecule has 4 aromatic rings. The zero-order chi connectivity index (χ0) is 20.7. The van der Waals surface area contributed by atoms with E-state index in [9.17, 15) is 9.18 Å². The molecule has 0 saturated heterocycles. The van der Waals surface area contributed by atoms with E-state index in [1.54, 1.807) is 12.1 Å². The molecule has 1 saturated carbocycles. The first-order valence-electron chi connectivity index (χ1n) is 10.1. The van der Waals surface area contributed by atoms with Crippen molar-refractivity contribution < 1.29 is 9.18 Å². The number of hydrogen-bond donors (Lipinski definition) is 1. The van der Waals surface area contributed by atoms with E-state index < -0.39 is 0 Å². The summed E-state index contributed by atoms with van der Waals surface area (Å²) in [5.74, 6) is -0.0687. The molecule has 1 amide bonds. The molecule has 0 aliphatic heterocycles. The number of carbonyl (C=O) groups excluding carboxylic acids is 1. The van der Waals surface area contributed by atoms with Crippen molar-refractivity contribution in [2.75, 3.05) is 0 Å². The predicted octanol–water partition coefficient (Wildman–Crippen LogP) is 4.68. The van der Waals surface area contributed by atoms with Gasteiger partial charge in [0.2, 0.25) is 0 Å². The Kier molecular flexibility index (Phi) is 4.54. The van der Waals surface area contributed by atoms with Gasteiger partial charge in [-0.3, -0.25) is 4.79 Å². The van der Waals surface area contributed by atoms with Crippen LogP contribution in [0.3, 0.4) is 0 Å². The van der Waals surface area contributed by atoms with Crippen molar-refractivity contribution in [2.45, 2.75) is 32.2 Å². The van der Waals surface area contributed by atoms with Crippen LogP contribution in [0.15, 0.2) is 60.7 Å². The fourth-order valence-electron chi connectivity index (χ4n) is 3.70. The fraction of sp³-hybridized carbons (Fsp3) is 0.208. The molecule has 0 radical (unpaired) electrons. The fourth-order valence-corrected chi connectivity index (χ4v) is 3.70. The minimum atomic E-state index is -0.293. The van der Waals surface area contributed by atoms with E-state index in [0.717, 1.165) is 40.9 Å². The average molecular weight is 400 g/mol. The molecule has 0 unspecified atom stereocenters. The number of para-hydroxylation sites is 1. The van der Waals surface area contributed by atoms with Crippen molar-refractivity contribution in [3.05, 3.63) is 89.0 Å². The first kappa shape index (κ1) is 18.5. The summed E-state index contributed by atoms with van der Waals surface area (Å²) in [5, 5.41) is 8.41. The van der Waals surface area contributed by atoms with Crippen LogP contribution in [0, 0.1) is 12.7 Å². The van der Waals surface area contributed by atoms with Crippen LogP contribution in [0.5, 0.6) is 0 Å². The minimum absolute atomic E-state index is 0.177. The first-order chi connectivity index (χ1) is 14.6. The van der Waals surface area contributed by atoms with Gasteiger partial charge in [0.05, 0.1) is 22.3 Å². The molecule has 2 aromatic heterocycles. The lowest BCUT2D eigenvalue weighted by Crippen LogP contribution is -2.23. The highest BCUT2D eigenvalue weighted by molar-refractivity contribution is 6.06. The summed E-state index contributed by atoms with van der Waals surface area (Å²) in [6.07, 6.45) is 2.18. The summed E-state index contributed by atoms with van der Waals surface area (Å²) in [7, 11) is 0. The SMILES string of the molecule is Cc1nn(-c2ccccc2)c2nc(C3CC3)cc(C(=O)NCc3ccc(F)cc3)c12. The molecule has 6 heteroatoms. The number of amides is 1. The van der Waals surface area contributed by atoms with Crippen molar-refractivity contribution >= 4 is 16.9 Å². The van der Waals surface area contributed by atoms with Crippen molar-refractivity contribution in [1.82, 2.24) is 20.1 Å². The Hall–Kier alpha value is -3.54. The lowest BCUT2D eigenvalue weighted by Gasteiger charge is -2.10. The summed E-state index contributed by atoms with van der Waals surface area (Å²) in [6, 6.07) is 17.9. The van der Waals surface area contributed by atoms with Crippen LogP contribution in [0.25, 0.3) is 16.7 Å². The van der Waals surface area contributed by atoms with E-state index in [2.05, 4.69) is 10.4 Å². The molecule has 5 nitrogen and oxygen atoms in total. The largest absolute Gasteiger partial charge is 0.348 e. The van der Waals surface area contributed by atoms with Gasteiger partial charge in [0.1, 0.15) is 5.82 Å². The molecule has 2 heterocycles. The Balaban J connectivity index is 1.56. The smallest absolute Gasteiger partial charge is 0.252 e. The Morgan fingerprint density at radius 1 is 1.13 bits per heavy atom. The predicted molar refractivity (Wildman–Crippen MR) is 113 cm³/mol. The summed E-state index contributed by atoms with van der Waals surface area (Å²) in [5.41, 5.74) is 4.74. The standard InChI is InChI=1S/C24H21FN4O/c1-15-22-20(24(30)26-14-16-7-11-18(25)12-8-16)13-21(17-9-10-17)27-23(22)29(28-15)19-5-3-2-4-6-19/h2-8,11-13,17H,9-10,14H2,1H3,(H,26,30). The number of pyridine rings is 1. The maximum absolute atomic E-state index is 13.1. The molecule has 1 aliphatic rings. The summed E-state index contributed by atoms with van der Waals surface area (Å²) in [4.78, 5) is 18.0. The molecule has 2 aromatic carbocycles. The zero-order valence-electron chi connectivity index (χ0n) is 16.6. The quantitative estimate of drug-likeness (QED) is 0.529. The van der Waals surface area contributed by atoms with E-state index >= 15 is 0 Å². The second-order valence-electron chi connectivity index (χ2n) is 7.71. The third kappa shape index (κ3) is 3.45. The second kappa shape index (κ2) is 7.37. The first-order valence-corrected chi connectivity index (χ1v) is 10.1. The van der Waals surface area contributed by atoms with Gasteiger partial charge < -0.3 is 5.32 Å². The molecule has 1 aliphatic carbocycles. The van der Waals surface area contributed by atoms with E-state index in [1.807, 2.05) is 48.0 Å². The van der Waals surface area contributed by atoms with Crippen molar-refractivity contribution in [2.24, 2.45) is 0 Å². The highest BCUT2D eigenvalue weighted by Gasteiger charge is 2.29. The molecule has 0 spiro atoms. The van der Waals surface area contributed by atoms with Crippen LogP contribution in [0.4, 0.5) is 4.39 Å². The molecule has 1 fully saturated rings. The normalized spacial score (nSPS) is 13.5. The second-order valence-corrected chi connectivity index (χ2v) is 7.71. The average Bonchev–Trinajstić information content (AvgIpc) is 3.57. The van der Waals surface area contributed by atoms with Gasteiger partial charge in [-0.15, -0.1) is 0 Å². The topological polar surface area (TPSA) is 59.8 Å². The van der Waals surface area contributed by atoms with Gasteiger partial charge in [0.15, 0.2) is 5.65 Å². The Morgan fingerprint density at radius 3 is 2.57 bits per heavy atom. The Morgan fingerprint density at radius 2 is 1.87 bits per heavy atom. The summed E-state index contributed by atoms with van der Waals surface area (Å²) >= 11 is 0. The summed E-state index contributed by atoms with van der Waals surface area (Å²) in [6.45, 7) is 2.23. The molecular formula is C24H21FN4O. The maximum Gasteiger partial charge on any atom is 0.252 e. The lowest BCUT2D eigenvalue weighted by atomic mass is 10.1. The number of carbonyl (C=O) groups is 1. The highest BCUT2D eigenvalue weighted by Crippen LogP contribution is 2.40. The van der Waals surface area contributed by atoms with Gasteiger partial charge in [-0.25, -0.2) is 14.1 Å². The minimum Gasteiger partial charge on any atom is -0.348 e. The van der Waals surface area contributed by atoms with Crippen LogP contribution in [0.1, 0.15) is 46.1 Å². The number of aryl methyl sites for hydroxylation is 1. The lowest BCUT2D eigenvalue weighted by molar-refractivity contribution is 0.0952. The van der Waals surface area contributed by atoms with Crippen molar-refractivity contribution in [3.8, 4) is 5.69 Å². The number of fused-ring (bicyclic) bond motifs is 1. The number of aromatic nitrogens is 3. The molecule has 1 N–H and O–H groups in total. The van der Waals surface area contributed by atoms with Gasteiger partial charge in [-0.2, -0.15) is 5.10 Å². The highest BCUT2D eigenvalue weighted by atomic mass is 19.1. The Labute approximate surface area is 173 Å². The number of halogens is 1. The molecular weight excluding hydrogens is 379 g/mol. The van der Waals surface area contributed by atoms with Gasteiger partial charge in [0, 0.05) is 18.2 Å². The van der Waals surface area contributed by atoms with Gasteiger partial charge in [0.25, 0.3) is 5.91 Å². The van der Waals surface area contributed by atoms with Crippen LogP contribution >= 0.6 is 0 Å². The van der Waals surface area contributed by atoms with Gasteiger partial charge in [-0.1, -0.05) is 30.3 Å². The van der Waals surface area contributed by atoms with Crippen molar-refractivity contribution in [3.63, 3.8) is 0 Å². The Bertz CT molecular complexity index is 1230. The van der Waals surface area contributed by atoms with Crippen molar-refractivity contribution in [1.29, 1.82) is 0 Å². The van der Waals surface area contributed by atoms with Crippen LogP contribution in [-0.2, 0) is 6.54 Å². The maximum atomic E-state index is 13.1. The van der Waals surface area contributed by atoms with E-state index in [0.29, 0.717) is 23.7 Å². The number of hydrogen-bond acceptors (Lipinski definition) is 3.